The van der Waals surface area contributed by atoms with Gasteiger partial charge in [0.1, 0.15) is 5.60 Å². The number of aliphatic hydroxyl groups is 2. The van der Waals surface area contributed by atoms with Crippen LogP contribution >= 0.6 is 0 Å². The normalized spacial score (nSPS) is 22.6. The molecular weight excluding hydrogens is 262 g/mol. The first-order valence-corrected chi connectivity index (χ1v) is 6.49. The van der Waals surface area contributed by atoms with Gasteiger partial charge in [-0.1, -0.05) is 6.07 Å². The number of nitrogens with zero attached hydrogens (tertiary/aromatic N) is 1. The number of carbonyl (C=O) groups is 1. The largest absolute Gasteiger partial charge is 0.504 e. The molecule has 0 bridgehead atoms. The lowest BCUT2D eigenvalue weighted by Crippen LogP contribution is -2.52. The molecule has 0 radical (unpaired) electrons. The third-order valence-electron chi connectivity index (χ3n) is 3.59. The number of phenolic OH excluding ortho intramolecular Hbond substituents is 1. The van der Waals surface area contributed by atoms with E-state index in [9.17, 15) is 20.1 Å². The van der Waals surface area contributed by atoms with Gasteiger partial charge in [-0.2, -0.15) is 0 Å². The number of aliphatic hydroxyl groups excluding tert-OH is 1. The molecule has 0 spiro atoms. The molecule has 1 heterocycles. The van der Waals surface area contributed by atoms with Crippen LogP contribution in [-0.4, -0.2) is 58.5 Å². The van der Waals surface area contributed by atoms with E-state index < -0.39 is 5.60 Å². The molecule has 1 aromatic rings. The van der Waals surface area contributed by atoms with Crippen molar-refractivity contribution in [1.29, 1.82) is 0 Å². The van der Waals surface area contributed by atoms with Gasteiger partial charge in [0, 0.05) is 6.54 Å². The van der Waals surface area contributed by atoms with Gasteiger partial charge < -0.3 is 25.0 Å². The topological polar surface area (TPSA) is 90.2 Å². The number of piperidine rings is 1. The monoisotopic (exact) mass is 281 g/mol. The second-order valence-electron chi connectivity index (χ2n) is 5.07. The van der Waals surface area contributed by atoms with E-state index >= 15 is 0 Å². The molecular formula is C14H19NO5. The molecule has 0 saturated carbocycles. The van der Waals surface area contributed by atoms with Crippen molar-refractivity contribution >= 4 is 5.91 Å². The Kier molecular flexibility index (Phi) is 4.15. The van der Waals surface area contributed by atoms with E-state index in [1.165, 1.54) is 18.1 Å². The number of aromatic hydroxyl groups is 1. The number of phenols is 1. The third kappa shape index (κ3) is 2.71. The number of benzene rings is 1. The van der Waals surface area contributed by atoms with Gasteiger partial charge in [-0.15, -0.1) is 0 Å². The van der Waals surface area contributed by atoms with Gasteiger partial charge in [0.15, 0.2) is 11.5 Å². The van der Waals surface area contributed by atoms with Gasteiger partial charge in [0.25, 0.3) is 5.91 Å². The second kappa shape index (κ2) is 5.68. The Morgan fingerprint density at radius 1 is 1.50 bits per heavy atom. The van der Waals surface area contributed by atoms with Crippen molar-refractivity contribution in [2.24, 2.45) is 0 Å². The highest BCUT2D eigenvalue weighted by molar-refractivity contribution is 5.97. The van der Waals surface area contributed by atoms with E-state index in [4.69, 9.17) is 4.74 Å². The summed E-state index contributed by atoms with van der Waals surface area (Å²) < 4.78 is 4.98. The molecule has 6 nitrogen and oxygen atoms in total. The maximum Gasteiger partial charge on any atom is 0.257 e. The number of methoxy groups -OCH3 is 1. The molecule has 0 aliphatic carbocycles. The lowest BCUT2D eigenvalue weighted by molar-refractivity contribution is -0.0598. The van der Waals surface area contributed by atoms with Gasteiger partial charge in [-0.3, -0.25) is 4.79 Å². The van der Waals surface area contributed by atoms with Gasteiger partial charge in [0.2, 0.25) is 0 Å². The van der Waals surface area contributed by atoms with E-state index in [2.05, 4.69) is 0 Å². The quantitative estimate of drug-likeness (QED) is 0.744. The fourth-order valence-electron chi connectivity index (χ4n) is 2.44. The summed E-state index contributed by atoms with van der Waals surface area (Å²) in [6.45, 7) is 0.150. The molecule has 1 amide bonds. The minimum absolute atomic E-state index is 0.0545. The molecule has 6 heteroatoms. The number of para-hydroxylation sites is 1. The molecule has 3 N–H and O–H groups in total. The smallest absolute Gasteiger partial charge is 0.257 e. The minimum atomic E-state index is -1.26. The zero-order valence-electron chi connectivity index (χ0n) is 11.4. The van der Waals surface area contributed by atoms with Crippen LogP contribution in [0.4, 0.5) is 0 Å². The molecule has 110 valence electrons. The highest BCUT2D eigenvalue weighted by atomic mass is 16.5. The summed E-state index contributed by atoms with van der Waals surface area (Å²) >= 11 is 0. The fraction of sp³-hybridized carbons (Fsp3) is 0.500. The first-order chi connectivity index (χ1) is 9.50. The van der Waals surface area contributed by atoms with Crippen molar-refractivity contribution in [3.05, 3.63) is 23.8 Å². The number of ether oxygens (including phenoxy) is 1. The van der Waals surface area contributed by atoms with Crippen LogP contribution in [0.2, 0.25) is 0 Å². The van der Waals surface area contributed by atoms with Crippen molar-refractivity contribution in [2.45, 2.75) is 18.4 Å². The van der Waals surface area contributed by atoms with Crippen molar-refractivity contribution in [3.63, 3.8) is 0 Å². The zero-order chi connectivity index (χ0) is 14.8. The van der Waals surface area contributed by atoms with Crippen LogP contribution in [0.15, 0.2) is 18.2 Å². The van der Waals surface area contributed by atoms with E-state index in [1.807, 2.05) is 0 Å². The SMILES string of the molecule is COc1cccc(C(=O)N2CCCC(O)(CO)C2)c1O. The molecule has 2 rings (SSSR count). The number of hydrogen-bond donors (Lipinski definition) is 3. The van der Waals surface area contributed by atoms with Crippen LogP contribution in [0.3, 0.4) is 0 Å². The zero-order valence-corrected chi connectivity index (χ0v) is 11.4. The Morgan fingerprint density at radius 3 is 2.90 bits per heavy atom. The van der Waals surface area contributed by atoms with E-state index in [-0.39, 0.29) is 36.1 Å². The minimum Gasteiger partial charge on any atom is -0.504 e. The Balaban J connectivity index is 2.23. The van der Waals surface area contributed by atoms with Gasteiger partial charge in [-0.25, -0.2) is 0 Å². The predicted molar refractivity (Wildman–Crippen MR) is 71.8 cm³/mol. The Morgan fingerprint density at radius 2 is 2.25 bits per heavy atom. The van der Waals surface area contributed by atoms with Crippen molar-refractivity contribution in [3.8, 4) is 11.5 Å². The highest BCUT2D eigenvalue weighted by Crippen LogP contribution is 2.31. The van der Waals surface area contributed by atoms with Gasteiger partial charge in [-0.05, 0) is 25.0 Å². The number of hydrogen-bond acceptors (Lipinski definition) is 5. The van der Waals surface area contributed by atoms with E-state index in [1.54, 1.807) is 12.1 Å². The number of β-amino-alcohol motifs (C(OH)–C–C–N with tert-alkyl or cyclic N) is 1. The molecule has 20 heavy (non-hydrogen) atoms. The molecule has 1 saturated heterocycles. The van der Waals surface area contributed by atoms with Crippen LogP contribution in [0, 0.1) is 0 Å². The summed E-state index contributed by atoms with van der Waals surface area (Å²) in [5.41, 5.74) is -1.13. The number of rotatable bonds is 3. The molecule has 1 aromatic carbocycles. The van der Waals surface area contributed by atoms with Crippen molar-refractivity contribution < 1.29 is 24.9 Å². The lowest BCUT2D eigenvalue weighted by Gasteiger charge is -2.38. The summed E-state index contributed by atoms with van der Waals surface area (Å²) in [6.07, 6.45) is 1.06. The summed E-state index contributed by atoms with van der Waals surface area (Å²) in [5.74, 6) is -0.364. The summed E-state index contributed by atoms with van der Waals surface area (Å²) in [4.78, 5) is 13.8. The van der Waals surface area contributed by atoms with Crippen molar-refractivity contribution in [1.82, 2.24) is 4.90 Å². The molecule has 1 fully saturated rings. The third-order valence-corrected chi connectivity index (χ3v) is 3.59. The molecule has 0 aromatic heterocycles. The maximum absolute atomic E-state index is 12.4. The number of likely N-dealkylation sites (tertiary alicyclic amines) is 1. The standard InChI is InChI=1S/C14H19NO5/c1-20-11-5-2-4-10(12(11)17)13(18)15-7-3-6-14(19,8-15)9-16/h2,4-5,16-17,19H,3,6-9H2,1H3. The second-order valence-corrected chi connectivity index (χ2v) is 5.07. The van der Waals surface area contributed by atoms with Gasteiger partial charge >= 0.3 is 0 Å². The first kappa shape index (κ1) is 14.6. The van der Waals surface area contributed by atoms with Crippen LogP contribution in [-0.2, 0) is 0 Å². The first-order valence-electron chi connectivity index (χ1n) is 6.49. The number of carbonyl (C=O) groups excluding carboxylic acids is 1. The van der Waals surface area contributed by atoms with Crippen molar-refractivity contribution in [2.75, 3.05) is 26.8 Å². The maximum atomic E-state index is 12.4. The van der Waals surface area contributed by atoms with E-state index in [0.717, 1.165) is 0 Å². The molecule has 1 atom stereocenters. The highest BCUT2D eigenvalue weighted by Gasteiger charge is 2.35. The lowest BCUT2D eigenvalue weighted by atomic mass is 9.93. The predicted octanol–water partition coefficient (Wildman–Crippen LogP) is 0.360. The summed E-state index contributed by atoms with van der Waals surface area (Å²) in [7, 11) is 1.41. The van der Waals surface area contributed by atoms with Gasteiger partial charge in [0.05, 0.1) is 25.8 Å². The molecule has 1 aliphatic rings. The van der Waals surface area contributed by atoms with Crippen LogP contribution in [0.5, 0.6) is 11.5 Å². The number of amides is 1. The van der Waals surface area contributed by atoms with Crippen LogP contribution < -0.4 is 4.74 Å². The van der Waals surface area contributed by atoms with Crippen LogP contribution in [0.1, 0.15) is 23.2 Å². The Hall–Kier alpha value is -1.79. The molecule has 1 aliphatic heterocycles. The summed E-state index contributed by atoms with van der Waals surface area (Å²) in [5, 5.41) is 29.3. The average Bonchev–Trinajstić information content (AvgIpc) is 2.47. The Bertz CT molecular complexity index is 504. The average molecular weight is 281 g/mol. The Labute approximate surface area is 117 Å². The van der Waals surface area contributed by atoms with Crippen LogP contribution in [0.25, 0.3) is 0 Å². The molecule has 1 unspecified atom stereocenters. The fourth-order valence-corrected chi connectivity index (χ4v) is 2.44. The summed E-state index contributed by atoms with van der Waals surface area (Å²) in [6, 6.07) is 4.69. The van der Waals surface area contributed by atoms with E-state index in [0.29, 0.717) is 19.4 Å².